The van der Waals surface area contributed by atoms with Gasteiger partial charge in [0.2, 0.25) is 10.0 Å². The summed E-state index contributed by atoms with van der Waals surface area (Å²) >= 11 is 0. The van der Waals surface area contributed by atoms with E-state index in [1.165, 1.54) is 34.1 Å². The van der Waals surface area contributed by atoms with Crippen LogP contribution in [0.5, 0.6) is 0 Å². The van der Waals surface area contributed by atoms with E-state index in [0.717, 1.165) is 38.9 Å². The number of nitrogens with one attached hydrogen (secondary N) is 1. The fraction of sp³-hybridized carbons (Fsp3) is 0.400. The van der Waals surface area contributed by atoms with Gasteiger partial charge >= 0.3 is 0 Å². The molecule has 1 heterocycles. The molecule has 1 aliphatic carbocycles. The zero-order chi connectivity index (χ0) is 17.4. The highest BCUT2D eigenvalue weighted by molar-refractivity contribution is 7.88. The van der Waals surface area contributed by atoms with E-state index in [4.69, 9.17) is 0 Å². The molecule has 2 aliphatic rings. The Bertz CT molecular complexity index is 884. The molecular formula is C20H24N2O2S. The van der Waals surface area contributed by atoms with E-state index in [1.54, 1.807) is 0 Å². The zero-order valence-corrected chi connectivity index (χ0v) is 15.3. The third-order valence-corrected chi connectivity index (χ3v) is 5.99. The number of hydrogen-bond acceptors (Lipinski definition) is 3. The zero-order valence-electron chi connectivity index (χ0n) is 14.5. The first kappa shape index (κ1) is 16.8. The molecule has 2 aromatic rings. The second kappa shape index (κ2) is 6.56. The summed E-state index contributed by atoms with van der Waals surface area (Å²) in [6.07, 6.45) is 4.02. The minimum atomic E-state index is -3.10. The molecule has 1 N–H and O–H groups in total. The predicted molar refractivity (Wildman–Crippen MR) is 101 cm³/mol. The monoisotopic (exact) mass is 356 g/mol. The van der Waals surface area contributed by atoms with E-state index in [9.17, 15) is 8.42 Å². The fourth-order valence-electron chi connectivity index (χ4n) is 4.07. The van der Waals surface area contributed by atoms with Gasteiger partial charge in [0.1, 0.15) is 0 Å². The van der Waals surface area contributed by atoms with Crippen LogP contribution < -0.4 is 4.72 Å². The van der Waals surface area contributed by atoms with Gasteiger partial charge in [-0.05, 0) is 47.1 Å². The highest BCUT2D eigenvalue weighted by Gasteiger charge is 2.22. The molecule has 132 valence electrons. The number of benzene rings is 2. The summed E-state index contributed by atoms with van der Waals surface area (Å²) in [6, 6.07) is 15.6. The molecule has 1 saturated heterocycles. The highest BCUT2D eigenvalue weighted by atomic mass is 32.2. The maximum absolute atomic E-state index is 11.3. The van der Waals surface area contributed by atoms with Crippen molar-refractivity contribution in [1.82, 2.24) is 9.62 Å². The summed E-state index contributed by atoms with van der Waals surface area (Å²) < 4.78 is 25.4. The maximum atomic E-state index is 11.3. The van der Waals surface area contributed by atoms with Crippen LogP contribution in [0, 0.1) is 0 Å². The van der Waals surface area contributed by atoms with Crippen LogP contribution >= 0.6 is 0 Å². The molecule has 1 aliphatic heterocycles. The van der Waals surface area contributed by atoms with Crippen molar-refractivity contribution < 1.29 is 8.42 Å². The molecule has 0 bridgehead atoms. The maximum Gasteiger partial charge on any atom is 0.208 e. The standard InChI is InChI=1S/C20H24N2O2S/c1-25(23,24)21-18-8-10-22(11-9-18)14-15-6-7-20-17(12-15)13-16-4-2-3-5-19(16)20/h2-7,12,18,21H,8-11,13-14H2,1H3. The summed E-state index contributed by atoms with van der Waals surface area (Å²) in [4.78, 5) is 2.42. The topological polar surface area (TPSA) is 49.4 Å². The Hall–Kier alpha value is -1.69. The molecule has 5 heteroatoms. The average Bonchev–Trinajstić information content (AvgIpc) is 2.93. The van der Waals surface area contributed by atoms with Gasteiger partial charge in [0.25, 0.3) is 0 Å². The van der Waals surface area contributed by atoms with Crippen LogP contribution in [0.15, 0.2) is 42.5 Å². The lowest BCUT2D eigenvalue weighted by Crippen LogP contribution is -2.43. The van der Waals surface area contributed by atoms with Gasteiger partial charge in [-0.3, -0.25) is 4.90 Å². The van der Waals surface area contributed by atoms with Crippen molar-refractivity contribution in [3.05, 3.63) is 59.2 Å². The molecule has 25 heavy (non-hydrogen) atoms. The molecule has 0 atom stereocenters. The van der Waals surface area contributed by atoms with E-state index >= 15 is 0 Å². The third kappa shape index (κ3) is 3.78. The normalized spacial score (nSPS) is 18.1. The van der Waals surface area contributed by atoms with Gasteiger partial charge < -0.3 is 0 Å². The molecule has 0 unspecified atom stereocenters. The highest BCUT2D eigenvalue weighted by Crippen LogP contribution is 2.36. The first-order valence-electron chi connectivity index (χ1n) is 8.88. The van der Waals surface area contributed by atoms with Crippen molar-refractivity contribution in [3.63, 3.8) is 0 Å². The number of fused-ring (bicyclic) bond motifs is 3. The van der Waals surface area contributed by atoms with Gasteiger partial charge in [0.15, 0.2) is 0 Å². The molecule has 1 fully saturated rings. The Kier molecular flexibility index (Phi) is 4.40. The summed E-state index contributed by atoms with van der Waals surface area (Å²) in [5.74, 6) is 0. The Morgan fingerprint density at radius 1 is 1.04 bits per heavy atom. The van der Waals surface area contributed by atoms with Gasteiger partial charge in [-0.25, -0.2) is 13.1 Å². The average molecular weight is 356 g/mol. The minimum absolute atomic E-state index is 0.0840. The summed E-state index contributed by atoms with van der Waals surface area (Å²) in [7, 11) is -3.10. The molecule has 0 amide bonds. The molecule has 2 aromatic carbocycles. The van der Waals surface area contributed by atoms with Crippen LogP contribution in [-0.2, 0) is 23.0 Å². The number of hydrogen-bond donors (Lipinski definition) is 1. The van der Waals surface area contributed by atoms with Crippen molar-refractivity contribution in [3.8, 4) is 11.1 Å². The summed E-state index contributed by atoms with van der Waals surface area (Å²) in [5.41, 5.74) is 6.93. The van der Waals surface area contributed by atoms with Crippen molar-refractivity contribution in [2.24, 2.45) is 0 Å². The molecule has 4 rings (SSSR count). The van der Waals surface area contributed by atoms with Gasteiger partial charge in [0, 0.05) is 25.7 Å². The second-order valence-electron chi connectivity index (χ2n) is 7.27. The van der Waals surface area contributed by atoms with Crippen LogP contribution in [0.1, 0.15) is 29.5 Å². The van der Waals surface area contributed by atoms with E-state index in [0.29, 0.717) is 0 Å². The number of sulfonamides is 1. The second-order valence-corrected chi connectivity index (χ2v) is 9.05. The predicted octanol–water partition coefficient (Wildman–Crippen LogP) is 2.77. The van der Waals surface area contributed by atoms with E-state index in [1.807, 2.05) is 0 Å². The van der Waals surface area contributed by atoms with Crippen molar-refractivity contribution in [1.29, 1.82) is 0 Å². The Morgan fingerprint density at radius 2 is 1.76 bits per heavy atom. The third-order valence-electron chi connectivity index (χ3n) is 5.23. The smallest absolute Gasteiger partial charge is 0.208 e. The molecule has 0 spiro atoms. The first-order chi connectivity index (χ1) is 12.0. The Labute approximate surface area is 149 Å². The molecular weight excluding hydrogens is 332 g/mol. The van der Waals surface area contributed by atoms with Crippen molar-refractivity contribution >= 4 is 10.0 Å². The number of nitrogens with zero attached hydrogens (tertiary/aromatic N) is 1. The quantitative estimate of drug-likeness (QED) is 0.782. The molecule has 0 radical (unpaired) electrons. The van der Waals surface area contributed by atoms with E-state index in [2.05, 4.69) is 52.1 Å². The molecule has 0 aromatic heterocycles. The van der Waals surface area contributed by atoms with Crippen LogP contribution in [0.2, 0.25) is 0 Å². The van der Waals surface area contributed by atoms with Gasteiger partial charge in [-0.2, -0.15) is 0 Å². The molecule has 0 saturated carbocycles. The van der Waals surface area contributed by atoms with Gasteiger partial charge in [-0.1, -0.05) is 42.5 Å². The van der Waals surface area contributed by atoms with Gasteiger partial charge in [0.05, 0.1) is 6.26 Å². The minimum Gasteiger partial charge on any atom is -0.299 e. The molecule has 4 nitrogen and oxygen atoms in total. The number of piperidine rings is 1. The largest absolute Gasteiger partial charge is 0.299 e. The first-order valence-corrected chi connectivity index (χ1v) is 10.8. The summed E-state index contributed by atoms with van der Waals surface area (Å²) in [5, 5.41) is 0. The van der Waals surface area contributed by atoms with E-state index < -0.39 is 10.0 Å². The van der Waals surface area contributed by atoms with Crippen LogP contribution in [0.25, 0.3) is 11.1 Å². The van der Waals surface area contributed by atoms with Crippen molar-refractivity contribution in [2.45, 2.75) is 31.8 Å². The van der Waals surface area contributed by atoms with Crippen LogP contribution in [0.3, 0.4) is 0 Å². The Morgan fingerprint density at radius 3 is 2.52 bits per heavy atom. The lowest BCUT2D eigenvalue weighted by molar-refractivity contribution is 0.200. The number of rotatable bonds is 4. The Balaban J connectivity index is 1.40. The SMILES string of the molecule is CS(=O)(=O)NC1CCN(Cc2ccc3c(c2)Cc2ccccc2-3)CC1. The fourth-order valence-corrected chi connectivity index (χ4v) is 4.91. The van der Waals surface area contributed by atoms with Crippen LogP contribution in [0.4, 0.5) is 0 Å². The lowest BCUT2D eigenvalue weighted by Gasteiger charge is -2.32. The lowest BCUT2D eigenvalue weighted by atomic mass is 10.0. The summed E-state index contributed by atoms with van der Waals surface area (Å²) in [6.45, 7) is 2.81. The van der Waals surface area contributed by atoms with Gasteiger partial charge in [-0.15, -0.1) is 0 Å². The van der Waals surface area contributed by atoms with Crippen LogP contribution in [-0.4, -0.2) is 38.7 Å². The number of likely N-dealkylation sites (tertiary alicyclic amines) is 1. The van der Waals surface area contributed by atoms with E-state index in [-0.39, 0.29) is 6.04 Å². The van der Waals surface area contributed by atoms with Crippen molar-refractivity contribution in [2.75, 3.05) is 19.3 Å².